The van der Waals surface area contributed by atoms with Crippen LogP contribution in [0.3, 0.4) is 0 Å². The van der Waals surface area contributed by atoms with Gasteiger partial charge in [0.15, 0.2) is 0 Å². The fourth-order valence-corrected chi connectivity index (χ4v) is 2.21. The van der Waals surface area contributed by atoms with Crippen LogP contribution in [0.25, 0.3) is 0 Å². The molecule has 0 aliphatic rings. The zero-order valence-corrected chi connectivity index (χ0v) is 11.7. The average Bonchev–Trinajstić information content (AvgIpc) is 2.14. The summed E-state index contributed by atoms with van der Waals surface area (Å²) in [5.74, 6) is 0.985. The van der Waals surface area contributed by atoms with Crippen molar-refractivity contribution in [3.63, 3.8) is 0 Å². The molecule has 0 amide bonds. The van der Waals surface area contributed by atoms with Crippen molar-refractivity contribution < 1.29 is 4.74 Å². The number of hydrogen-bond acceptors (Lipinski definition) is 2. The van der Waals surface area contributed by atoms with Crippen LogP contribution in [0.2, 0.25) is 0 Å². The Labute approximate surface area is 105 Å². The third-order valence-electron chi connectivity index (χ3n) is 2.77. The minimum absolute atomic E-state index is 0.241. The second-order valence-corrected chi connectivity index (χ2v) is 4.95. The Balaban J connectivity index is 2.52. The predicted octanol–water partition coefficient (Wildman–Crippen LogP) is 3.46. The van der Waals surface area contributed by atoms with Crippen LogP contribution in [0.15, 0.2) is 18.2 Å². The number of aryl methyl sites for hydroxylation is 2. The molecule has 0 aliphatic carbocycles. The van der Waals surface area contributed by atoms with Gasteiger partial charge < -0.3 is 10.1 Å². The van der Waals surface area contributed by atoms with Crippen molar-refractivity contribution in [2.45, 2.75) is 53.2 Å². The third kappa shape index (κ3) is 5.22. The summed E-state index contributed by atoms with van der Waals surface area (Å²) in [6, 6.07) is 6.86. The van der Waals surface area contributed by atoms with Crippen LogP contribution in [0, 0.1) is 13.8 Å². The number of nitrogens with one attached hydrogen (secondary N) is 1. The molecule has 1 aromatic carbocycles. The van der Waals surface area contributed by atoms with Gasteiger partial charge in [0.2, 0.25) is 0 Å². The quantitative estimate of drug-likeness (QED) is 0.815. The molecule has 1 aromatic rings. The molecule has 2 unspecified atom stereocenters. The first-order valence-corrected chi connectivity index (χ1v) is 6.49. The second-order valence-electron chi connectivity index (χ2n) is 4.95. The fraction of sp³-hybridized carbons (Fsp3) is 0.600. The van der Waals surface area contributed by atoms with Crippen molar-refractivity contribution >= 4 is 0 Å². The molecule has 1 N–H and O–H groups in total. The Morgan fingerprint density at radius 3 is 2.24 bits per heavy atom. The number of ether oxygens (including phenoxy) is 1. The van der Waals surface area contributed by atoms with Gasteiger partial charge in [-0.05, 0) is 63.9 Å². The fourth-order valence-electron chi connectivity index (χ4n) is 2.21. The molecule has 0 saturated heterocycles. The number of rotatable bonds is 6. The SMILES string of the molecule is CCNC(C)CC(C)Oc1cc(C)cc(C)c1. The van der Waals surface area contributed by atoms with Gasteiger partial charge in [0.05, 0.1) is 6.10 Å². The topological polar surface area (TPSA) is 21.3 Å². The van der Waals surface area contributed by atoms with Crippen LogP contribution in [0.5, 0.6) is 5.75 Å². The van der Waals surface area contributed by atoms with Gasteiger partial charge in [0.25, 0.3) is 0 Å². The Kier molecular flexibility index (Phi) is 5.49. The molecule has 2 heteroatoms. The molecule has 17 heavy (non-hydrogen) atoms. The van der Waals surface area contributed by atoms with Crippen molar-refractivity contribution in [1.29, 1.82) is 0 Å². The van der Waals surface area contributed by atoms with E-state index in [0.29, 0.717) is 6.04 Å². The summed E-state index contributed by atoms with van der Waals surface area (Å²) >= 11 is 0. The summed E-state index contributed by atoms with van der Waals surface area (Å²) in [7, 11) is 0. The summed E-state index contributed by atoms with van der Waals surface area (Å²) < 4.78 is 5.95. The highest BCUT2D eigenvalue weighted by Gasteiger charge is 2.09. The first-order valence-electron chi connectivity index (χ1n) is 6.49. The summed E-state index contributed by atoms with van der Waals surface area (Å²) in [4.78, 5) is 0. The molecule has 96 valence electrons. The lowest BCUT2D eigenvalue weighted by molar-refractivity contribution is 0.196. The van der Waals surface area contributed by atoms with E-state index in [1.807, 2.05) is 0 Å². The molecule has 0 radical (unpaired) electrons. The molecule has 0 saturated carbocycles. The van der Waals surface area contributed by atoms with Gasteiger partial charge in [0, 0.05) is 6.04 Å². The summed E-state index contributed by atoms with van der Waals surface area (Å²) in [5, 5.41) is 3.40. The van der Waals surface area contributed by atoms with Crippen molar-refractivity contribution in [2.24, 2.45) is 0 Å². The van der Waals surface area contributed by atoms with Crippen LogP contribution >= 0.6 is 0 Å². The van der Waals surface area contributed by atoms with Gasteiger partial charge in [-0.2, -0.15) is 0 Å². The highest BCUT2D eigenvalue weighted by molar-refractivity contribution is 5.33. The molecule has 0 aliphatic heterocycles. The number of hydrogen-bond donors (Lipinski definition) is 1. The molecule has 2 nitrogen and oxygen atoms in total. The minimum atomic E-state index is 0.241. The van der Waals surface area contributed by atoms with Gasteiger partial charge in [0.1, 0.15) is 5.75 Å². The Morgan fingerprint density at radius 1 is 1.12 bits per heavy atom. The zero-order valence-electron chi connectivity index (χ0n) is 11.7. The molecule has 0 fully saturated rings. The maximum absolute atomic E-state index is 5.95. The summed E-state index contributed by atoms with van der Waals surface area (Å²) in [6.45, 7) is 11.7. The third-order valence-corrected chi connectivity index (χ3v) is 2.77. The van der Waals surface area contributed by atoms with E-state index in [1.165, 1.54) is 11.1 Å². The lowest BCUT2D eigenvalue weighted by Gasteiger charge is -2.20. The highest BCUT2D eigenvalue weighted by Crippen LogP contribution is 2.18. The van der Waals surface area contributed by atoms with Crippen LogP contribution in [0.1, 0.15) is 38.3 Å². The Hall–Kier alpha value is -1.02. The molecule has 0 heterocycles. The van der Waals surface area contributed by atoms with Gasteiger partial charge in [-0.15, -0.1) is 0 Å². The largest absolute Gasteiger partial charge is 0.491 e. The lowest BCUT2D eigenvalue weighted by Crippen LogP contribution is -2.30. The van der Waals surface area contributed by atoms with E-state index in [9.17, 15) is 0 Å². The van der Waals surface area contributed by atoms with E-state index in [-0.39, 0.29) is 6.10 Å². The van der Waals surface area contributed by atoms with Gasteiger partial charge in [-0.25, -0.2) is 0 Å². The molecular weight excluding hydrogens is 210 g/mol. The maximum Gasteiger partial charge on any atom is 0.120 e. The van der Waals surface area contributed by atoms with E-state index >= 15 is 0 Å². The zero-order chi connectivity index (χ0) is 12.8. The highest BCUT2D eigenvalue weighted by atomic mass is 16.5. The van der Waals surface area contributed by atoms with Crippen molar-refractivity contribution in [3.05, 3.63) is 29.3 Å². The number of benzene rings is 1. The molecule has 0 aromatic heterocycles. The maximum atomic E-state index is 5.95. The van der Waals surface area contributed by atoms with E-state index in [2.05, 4.69) is 58.1 Å². The van der Waals surface area contributed by atoms with Gasteiger partial charge in [-0.1, -0.05) is 13.0 Å². The van der Waals surface area contributed by atoms with Crippen LogP contribution in [-0.2, 0) is 0 Å². The standard InChI is InChI=1S/C15H25NO/c1-6-16-13(4)10-14(5)17-15-8-11(2)7-12(3)9-15/h7-9,13-14,16H,6,10H2,1-5H3. The summed E-state index contributed by atoms with van der Waals surface area (Å²) in [6.07, 6.45) is 1.27. The van der Waals surface area contributed by atoms with Crippen LogP contribution in [-0.4, -0.2) is 18.7 Å². The smallest absolute Gasteiger partial charge is 0.120 e. The molecule has 0 bridgehead atoms. The second kappa shape index (κ2) is 6.65. The Morgan fingerprint density at radius 2 is 1.71 bits per heavy atom. The van der Waals surface area contributed by atoms with Crippen molar-refractivity contribution in [3.8, 4) is 5.75 Å². The molecule has 0 spiro atoms. The predicted molar refractivity (Wildman–Crippen MR) is 73.8 cm³/mol. The normalized spacial score (nSPS) is 14.4. The van der Waals surface area contributed by atoms with Crippen LogP contribution in [0.4, 0.5) is 0 Å². The van der Waals surface area contributed by atoms with Crippen molar-refractivity contribution in [1.82, 2.24) is 5.32 Å². The van der Waals surface area contributed by atoms with Crippen molar-refractivity contribution in [2.75, 3.05) is 6.54 Å². The molecular formula is C15H25NO. The minimum Gasteiger partial charge on any atom is -0.491 e. The summed E-state index contributed by atoms with van der Waals surface area (Å²) in [5.41, 5.74) is 2.51. The average molecular weight is 235 g/mol. The first kappa shape index (κ1) is 14.0. The van der Waals surface area contributed by atoms with Gasteiger partial charge >= 0.3 is 0 Å². The first-order chi connectivity index (χ1) is 8.01. The van der Waals surface area contributed by atoms with E-state index in [1.54, 1.807) is 0 Å². The lowest BCUT2D eigenvalue weighted by atomic mass is 10.1. The molecule has 1 rings (SSSR count). The van der Waals surface area contributed by atoms with Crippen LogP contribution < -0.4 is 10.1 Å². The van der Waals surface area contributed by atoms with Gasteiger partial charge in [-0.3, -0.25) is 0 Å². The van der Waals surface area contributed by atoms with E-state index < -0.39 is 0 Å². The Bertz CT molecular complexity index is 329. The van der Waals surface area contributed by atoms with E-state index in [4.69, 9.17) is 4.74 Å². The molecule has 2 atom stereocenters. The van der Waals surface area contributed by atoms with E-state index in [0.717, 1.165) is 18.7 Å². The monoisotopic (exact) mass is 235 g/mol.